The van der Waals surface area contributed by atoms with Gasteiger partial charge in [-0.05, 0) is 30.1 Å². The van der Waals surface area contributed by atoms with Crippen molar-refractivity contribution in [3.63, 3.8) is 0 Å². The minimum absolute atomic E-state index is 0.0679. The average Bonchev–Trinajstić information content (AvgIpc) is 3.15. The number of hydrogen-bond acceptors (Lipinski definition) is 4. The summed E-state index contributed by atoms with van der Waals surface area (Å²) in [6.45, 7) is 13.5. The highest BCUT2D eigenvalue weighted by molar-refractivity contribution is 6.74. The molecule has 3 heterocycles. The van der Waals surface area contributed by atoms with Gasteiger partial charge in [0.05, 0.1) is 17.6 Å². The van der Waals surface area contributed by atoms with Crippen molar-refractivity contribution < 1.29 is 9.16 Å². The lowest BCUT2D eigenvalue weighted by atomic mass is 10.1. The van der Waals surface area contributed by atoms with Gasteiger partial charge >= 0.3 is 0 Å². The molecule has 2 aromatic heterocycles. The van der Waals surface area contributed by atoms with Crippen molar-refractivity contribution in [1.82, 2.24) is 14.5 Å². The molecule has 0 saturated carbocycles. The van der Waals surface area contributed by atoms with E-state index in [0.717, 1.165) is 29.4 Å². The smallest absolute Gasteiger partial charge is 0.192 e. The highest BCUT2D eigenvalue weighted by atomic mass is 35.5. The Bertz CT molecular complexity index is 819. The molecular weight excluding hydrogens is 401 g/mol. The summed E-state index contributed by atoms with van der Waals surface area (Å²) in [6.07, 6.45) is 5.17. The second-order valence-electron chi connectivity index (χ2n) is 8.75. The van der Waals surface area contributed by atoms with Gasteiger partial charge in [0.25, 0.3) is 0 Å². The van der Waals surface area contributed by atoms with E-state index in [0.29, 0.717) is 11.0 Å². The molecule has 0 amide bonds. The number of nitrogens with zero attached hydrogens (tertiary/aromatic N) is 3. The molecule has 0 aliphatic carbocycles. The van der Waals surface area contributed by atoms with Gasteiger partial charge in [-0.1, -0.05) is 39.3 Å². The van der Waals surface area contributed by atoms with Crippen LogP contribution in [-0.4, -0.2) is 35.1 Å². The van der Waals surface area contributed by atoms with Crippen LogP contribution in [0.5, 0.6) is 0 Å². The summed E-state index contributed by atoms with van der Waals surface area (Å²) in [4.78, 5) is 8.54. The van der Waals surface area contributed by atoms with Crippen molar-refractivity contribution in [3.8, 4) is 0 Å². The Balaban J connectivity index is 1.92. The molecule has 1 saturated heterocycles. The predicted molar refractivity (Wildman–Crippen MR) is 113 cm³/mol. The minimum Gasteiger partial charge on any atom is -0.411 e. The fourth-order valence-electron chi connectivity index (χ4n) is 3.35. The highest BCUT2D eigenvalue weighted by Gasteiger charge is 2.44. The largest absolute Gasteiger partial charge is 0.411 e. The maximum Gasteiger partial charge on any atom is 0.192 e. The molecular formula is C19H29Cl2N3O2Si. The van der Waals surface area contributed by atoms with Crippen LogP contribution in [0.25, 0.3) is 11.0 Å². The third kappa shape index (κ3) is 3.92. The Morgan fingerprint density at radius 1 is 1.33 bits per heavy atom. The summed E-state index contributed by atoms with van der Waals surface area (Å²) in [7, 11) is -1.88. The predicted octanol–water partition coefficient (Wildman–Crippen LogP) is 5.91. The zero-order valence-corrected chi connectivity index (χ0v) is 19.4. The Labute approximate surface area is 172 Å². The normalized spacial score (nSPS) is 24.1. The zero-order chi connectivity index (χ0) is 20.0. The number of rotatable bonds is 5. The first-order valence-corrected chi connectivity index (χ1v) is 13.3. The molecule has 1 aliphatic rings. The summed E-state index contributed by atoms with van der Waals surface area (Å²) in [5.74, 6) is 0.352. The second-order valence-corrected chi connectivity index (χ2v) is 14.1. The third-order valence-electron chi connectivity index (χ3n) is 5.93. The fourth-order valence-corrected chi connectivity index (χ4v) is 5.17. The molecule has 0 spiro atoms. The molecule has 0 unspecified atom stereocenters. The van der Waals surface area contributed by atoms with Gasteiger partial charge in [0.15, 0.2) is 8.32 Å². The number of aromatic nitrogens is 3. The first kappa shape index (κ1) is 21.1. The molecule has 0 aromatic carbocycles. The molecule has 0 N–H and O–H groups in total. The van der Waals surface area contributed by atoms with Gasteiger partial charge in [0.1, 0.15) is 23.4 Å². The SMILES string of the molecule is CC[C@H]1O[C@@H](n2cc(CCl)c3c(Cl)ncnc32)C[C@H]1O[Si](C)(C)C(C)(C)C. The van der Waals surface area contributed by atoms with Gasteiger partial charge in [0.2, 0.25) is 0 Å². The highest BCUT2D eigenvalue weighted by Crippen LogP contribution is 2.42. The van der Waals surface area contributed by atoms with Crippen LogP contribution in [0.15, 0.2) is 12.5 Å². The van der Waals surface area contributed by atoms with Crippen LogP contribution in [0.1, 0.15) is 52.3 Å². The van der Waals surface area contributed by atoms with E-state index in [1.807, 2.05) is 10.8 Å². The molecule has 0 radical (unpaired) electrons. The van der Waals surface area contributed by atoms with Crippen molar-refractivity contribution in [3.05, 3.63) is 23.2 Å². The molecule has 5 nitrogen and oxygen atoms in total. The Kier molecular flexibility index (Phi) is 5.95. The maximum atomic E-state index is 6.70. The number of hydrogen-bond donors (Lipinski definition) is 0. The van der Waals surface area contributed by atoms with Gasteiger partial charge in [-0.3, -0.25) is 0 Å². The first-order chi connectivity index (χ1) is 12.6. The topological polar surface area (TPSA) is 49.2 Å². The van der Waals surface area contributed by atoms with Crippen LogP contribution in [-0.2, 0) is 15.0 Å². The van der Waals surface area contributed by atoms with Crippen LogP contribution in [0.2, 0.25) is 23.3 Å². The lowest BCUT2D eigenvalue weighted by Gasteiger charge is -2.39. The Morgan fingerprint density at radius 2 is 2.04 bits per heavy atom. The summed E-state index contributed by atoms with van der Waals surface area (Å²) in [5, 5.41) is 1.39. The Hall–Kier alpha value is -0.663. The maximum absolute atomic E-state index is 6.70. The molecule has 1 aliphatic heterocycles. The van der Waals surface area contributed by atoms with Gasteiger partial charge in [-0.15, -0.1) is 11.6 Å². The van der Waals surface area contributed by atoms with Crippen LogP contribution in [0.4, 0.5) is 0 Å². The van der Waals surface area contributed by atoms with Crippen LogP contribution in [0.3, 0.4) is 0 Å². The number of alkyl halides is 1. The van der Waals surface area contributed by atoms with E-state index in [1.165, 1.54) is 6.33 Å². The average molecular weight is 430 g/mol. The number of ether oxygens (including phenoxy) is 1. The van der Waals surface area contributed by atoms with Gasteiger partial charge < -0.3 is 13.7 Å². The van der Waals surface area contributed by atoms with E-state index < -0.39 is 8.32 Å². The van der Waals surface area contributed by atoms with Gasteiger partial charge in [-0.25, -0.2) is 9.97 Å². The molecule has 2 aromatic rings. The monoisotopic (exact) mass is 429 g/mol. The molecule has 150 valence electrons. The van der Waals surface area contributed by atoms with Crippen LogP contribution >= 0.6 is 23.2 Å². The van der Waals surface area contributed by atoms with Gasteiger partial charge in [0, 0.05) is 18.5 Å². The zero-order valence-electron chi connectivity index (χ0n) is 16.9. The van der Waals surface area contributed by atoms with E-state index in [-0.39, 0.29) is 23.5 Å². The number of fused-ring (bicyclic) bond motifs is 1. The quantitative estimate of drug-likeness (QED) is 0.336. The van der Waals surface area contributed by atoms with Crippen molar-refractivity contribution in [1.29, 1.82) is 0 Å². The van der Waals surface area contributed by atoms with E-state index in [1.54, 1.807) is 0 Å². The molecule has 8 heteroatoms. The van der Waals surface area contributed by atoms with Gasteiger partial charge in [-0.2, -0.15) is 0 Å². The van der Waals surface area contributed by atoms with E-state index in [4.69, 9.17) is 32.4 Å². The van der Waals surface area contributed by atoms with E-state index >= 15 is 0 Å². The lowest BCUT2D eigenvalue weighted by molar-refractivity contribution is -0.0160. The van der Waals surface area contributed by atoms with Crippen LogP contribution < -0.4 is 0 Å². The van der Waals surface area contributed by atoms with Crippen molar-refractivity contribution in [2.24, 2.45) is 0 Å². The molecule has 3 rings (SSSR count). The molecule has 0 bridgehead atoms. The fraction of sp³-hybridized carbons (Fsp3) is 0.684. The lowest BCUT2D eigenvalue weighted by Crippen LogP contribution is -2.45. The summed E-state index contributed by atoms with van der Waals surface area (Å²) < 4.78 is 15.1. The number of halogens is 2. The minimum atomic E-state index is -1.88. The molecule has 27 heavy (non-hydrogen) atoms. The summed E-state index contributed by atoms with van der Waals surface area (Å²) >= 11 is 12.4. The van der Waals surface area contributed by atoms with Crippen LogP contribution in [0, 0.1) is 0 Å². The second kappa shape index (κ2) is 7.63. The summed E-state index contributed by atoms with van der Waals surface area (Å²) in [5.41, 5.74) is 1.68. The Morgan fingerprint density at radius 3 is 2.63 bits per heavy atom. The van der Waals surface area contributed by atoms with Crippen molar-refractivity contribution in [2.45, 2.75) is 83.0 Å². The third-order valence-corrected chi connectivity index (χ3v) is 11.0. The van der Waals surface area contributed by atoms with E-state index in [2.05, 4.69) is 50.8 Å². The summed E-state index contributed by atoms with van der Waals surface area (Å²) in [6, 6.07) is 0. The standard InChI is InChI=1S/C19H29Cl2N3O2Si/c1-7-13-14(26-27(5,6)19(2,3)4)8-15(25-13)24-10-12(9-20)16-17(21)22-11-23-18(16)24/h10-11,13-15H,7-9H2,1-6H3/t13-,14-,15-/m1/s1. The first-order valence-electron chi connectivity index (χ1n) is 9.48. The van der Waals surface area contributed by atoms with Crippen molar-refractivity contribution in [2.75, 3.05) is 0 Å². The molecule has 1 fully saturated rings. The van der Waals surface area contributed by atoms with Crippen molar-refractivity contribution >= 4 is 42.6 Å². The molecule has 3 atom stereocenters. The van der Waals surface area contributed by atoms with E-state index in [9.17, 15) is 0 Å².